The van der Waals surface area contributed by atoms with Crippen LogP contribution < -0.4 is 0 Å². The van der Waals surface area contributed by atoms with Gasteiger partial charge >= 0.3 is 0 Å². The maximum absolute atomic E-state index is 3.41. The van der Waals surface area contributed by atoms with Crippen LogP contribution in [0.4, 0.5) is 0 Å². The average molecular weight is 283 g/mol. The highest BCUT2D eigenvalue weighted by Crippen LogP contribution is 2.45. The maximum Gasteiger partial charge on any atom is 0.129 e. The first-order valence-electron chi connectivity index (χ1n) is 7.16. The molecular weight excluding hydrogens is 256 g/mol. The van der Waals surface area contributed by atoms with Crippen LogP contribution in [-0.2, 0) is 0 Å². The fraction of sp³-hybridized carbons (Fsp3) is 0.474. The lowest BCUT2D eigenvalue weighted by atomic mass is 9.80. The summed E-state index contributed by atoms with van der Waals surface area (Å²) in [5, 5.41) is 0. The van der Waals surface area contributed by atoms with Crippen molar-refractivity contribution < 1.29 is 0 Å². The SMILES string of the molecule is CC1=C(C)C(C)(C#C/C=C/C#C[Si](C)(C)C)C(C)=C1C. The molecule has 1 aliphatic rings. The second kappa shape index (κ2) is 5.90. The molecule has 0 nitrogen and oxygen atoms in total. The summed E-state index contributed by atoms with van der Waals surface area (Å²) >= 11 is 0. The van der Waals surface area contributed by atoms with E-state index in [0.717, 1.165) is 0 Å². The van der Waals surface area contributed by atoms with Crippen molar-refractivity contribution in [2.75, 3.05) is 0 Å². The zero-order chi connectivity index (χ0) is 15.6. The van der Waals surface area contributed by atoms with E-state index in [2.05, 4.69) is 77.6 Å². The van der Waals surface area contributed by atoms with Crippen LogP contribution in [0.15, 0.2) is 34.4 Å². The molecule has 1 rings (SSSR count). The Morgan fingerprint density at radius 2 is 1.30 bits per heavy atom. The smallest absolute Gasteiger partial charge is 0.127 e. The van der Waals surface area contributed by atoms with Crippen molar-refractivity contribution in [2.24, 2.45) is 5.41 Å². The minimum Gasteiger partial charge on any atom is -0.127 e. The van der Waals surface area contributed by atoms with Crippen molar-refractivity contribution in [2.45, 2.75) is 54.3 Å². The summed E-state index contributed by atoms with van der Waals surface area (Å²) in [5.41, 5.74) is 8.73. The highest BCUT2D eigenvalue weighted by atomic mass is 28.3. The number of hydrogen-bond donors (Lipinski definition) is 0. The van der Waals surface area contributed by atoms with Gasteiger partial charge in [0.05, 0.1) is 5.41 Å². The van der Waals surface area contributed by atoms with Crippen LogP contribution in [0.2, 0.25) is 19.6 Å². The van der Waals surface area contributed by atoms with Gasteiger partial charge < -0.3 is 0 Å². The zero-order valence-electron chi connectivity index (χ0n) is 14.2. The molecule has 0 bridgehead atoms. The molecule has 0 N–H and O–H groups in total. The molecule has 0 heterocycles. The van der Waals surface area contributed by atoms with Gasteiger partial charge in [0, 0.05) is 0 Å². The van der Waals surface area contributed by atoms with E-state index >= 15 is 0 Å². The third kappa shape index (κ3) is 3.56. The normalized spacial score (nSPS) is 18.0. The van der Waals surface area contributed by atoms with Crippen LogP contribution in [0, 0.1) is 28.7 Å². The van der Waals surface area contributed by atoms with E-state index in [1.807, 2.05) is 12.2 Å². The highest BCUT2D eigenvalue weighted by molar-refractivity contribution is 6.83. The molecule has 0 aliphatic heterocycles. The van der Waals surface area contributed by atoms with Crippen molar-refractivity contribution in [3.63, 3.8) is 0 Å². The van der Waals surface area contributed by atoms with Gasteiger partial charge in [-0.1, -0.05) is 37.4 Å². The van der Waals surface area contributed by atoms with Gasteiger partial charge in [-0.15, -0.1) is 5.54 Å². The van der Waals surface area contributed by atoms with Crippen molar-refractivity contribution in [1.29, 1.82) is 0 Å². The van der Waals surface area contributed by atoms with E-state index in [1.54, 1.807) is 0 Å². The lowest BCUT2D eigenvalue weighted by Gasteiger charge is -2.22. The molecule has 1 heteroatoms. The van der Waals surface area contributed by atoms with Crippen molar-refractivity contribution in [3.05, 3.63) is 34.4 Å². The first-order valence-corrected chi connectivity index (χ1v) is 10.7. The molecule has 0 saturated carbocycles. The number of hydrogen-bond acceptors (Lipinski definition) is 0. The van der Waals surface area contributed by atoms with Crippen LogP contribution in [0.1, 0.15) is 34.6 Å². The molecule has 0 aromatic heterocycles. The second-order valence-electron chi connectivity index (χ2n) is 6.75. The van der Waals surface area contributed by atoms with Gasteiger partial charge in [-0.2, -0.15) is 0 Å². The lowest BCUT2D eigenvalue weighted by molar-refractivity contribution is 0.652. The van der Waals surface area contributed by atoms with Crippen LogP contribution >= 0.6 is 0 Å². The van der Waals surface area contributed by atoms with Gasteiger partial charge in [0.15, 0.2) is 0 Å². The molecule has 0 unspecified atom stereocenters. The van der Waals surface area contributed by atoms with Gasteiger partial charge in [0.2, 0.25) is 0 Å². The van der Waals surface area contributed by atoms with E-state index in [4.69, 9.17) is 0 Å². The Morgan fingerprint density at radius 1 is 0.850 bits per heavy atom. The van der Waals surface area contributed by atoms with Crippen LogP contribution in [0.25, 0.3) is 0 Å². The van der Waals surface area contributed by atoms with Crippen molar-refractivity contribution in [1.82, 2.24) is 0 Å². The molecule has 0 aromatic rings. The first kappa shape index (κ1) is 16.6. The van der Waals surface area contributed by atoms with E-state index < -0.39 is 8.07 Å². The molecule has 0 amide bonds. The number of rotatable bonds is 0. The molecule has 1 aliphatic carbocycles. The van der Waals surface area contributed by atoms with Gasteiger partial charge in [0.25, 0.3) is 0 Å². The zero-order valence-corrected chi connectivity index (χ0v) is 15.2. The summed E-state index contributed by atoms with van der Waals surface area (Å²) in [7, 11) is -1.27. The largest absolute Gasteiger partial charge is 0.129 e. The molecule has 0 radical (unpaired) electrons. The fourth-order valence-corrected chi connectivity index (χ4v) is 2.83. The summed E-state index contributed by atoms with van der Waals surface area (Å²) < 4.78 is 0. The molecule has 0 fully saturated rings. The molecule has 0 atom stereocenters. The van der Waals surface area contributed by atoms with Crippen molar-refractivity contribution >= 4 is 8.07 Å². The molecule has 0 saturated heterocycles. The lowest BCUT2D eigenvalue weighted by Crippen LogP contribution is -2.16. The Morgan fingerprint density at radius 3 is 1.75 bits per heavy atom. The minimum atomic E-state index is -1.27. The maximum atomic E-state index is 3.41. The van der Waals surface area contributed by atoms with Crippen LogP contribution in [0.5, 0.6) is 0 Å². The Hall–Kier alpha value is -1.44. The molecular formula is C19H26Si. The van der Waals surface area contributed by atoms with Crippen LogP contribution in [0.3, 0.4) is 0 Å². The first-order chi connectivity index (χ1) is 9.09. The monoisotopic (exact) mass is 282 g/mol. The Bertz CT molecular complexity index is 587. The second-order valence-corrected chi connectivity index (χ2v) is 11.5. The van der Waals surface area contributed by atoms with Gasteiger partial charge in [-0.25, -0.2) is 0 Å². The number of allylic oxidation sites excluding steroid dienone is 6. The van der Waals surface area contributed by atoms with E-state index in [9.17, 15) is 0 Å². The van der Waals surface area contributed by atoms with Crippen LogP contribution in [-0.4, -0.2) is 8.07 Å². The summed E-state index contributed by atoms with van der Waals surface area (Å²) in [6.45, 7) is 17.7. The van der Waals surface area contributed by atoms with Crippen molar-refractivity contribution in [3.8, 4) is 23.3 Å². The van der Waals surface area contributed by atoms with E-state index in [1.165, 1.54) is 22.3 Å². The molecule has 20 heavy (non-hydrogen) atoms. The Kier molecular flexibility index (Phi) is 4.90. The van der Waals surface area contributed by atoms with Gasteiger partial charge in [0.1, 0.15) is 8.07 Å². The molecule has 0 aromatic carbocycles. The highest BCUT2D eigenvalue weighted by Gasteiger charge is 2.34. The predicted octanol–water partition coefficient (Wildman–Crippen LogP) is 5.12. The Labute approximate surface area is 126 Å². The van der Waals surface area contributed by atoms with E-state index in [-0.39, 0.29) is 5.41 Å². The molecule has 106 valence electrons. The third-order valence-electron chi connectivity index (χ3n) is 4.21. The summed E-state index contributed by atoms with van der Waals surface area (Å²) in [6, 6.07) is 0. The van der Waals surface area contributed by atoms with Gasteiger partial charge in [-0.3, -0.25) is 0 Å². The van der Waals surface area contributed by atoms with E-state index in [0.29, 0.717) is 0 Å². The standard InChI is InChI=1S/C19H26Si/c1-15-16(2)18(4)19(5,17(15)3)13-11-9-10-12-14-20(6,7)8/h9-10H,1-8H3/b10-9+. The molecule has 0 spiro atoms. The Balaban J connectivity index is 2.93. The summed E-state index contributed by atoms with van der Waals surface area (Å²) in [6.07, 6.45) is 3.75. The van der Waals surface area contributed by atoms with Gasteiger partial charge in [-0.05, 0) is 69.1 Å². The summed E-state index contributed by atoms with van der Waals surface area (Å²) in [5.74, 6) is 9.68. The minimum absolute atomic E-state index is 0.106. The topological polar surface area (TPSA) is 0 Å². The quantitative estimate of drug-likeness (QED) is 0.427. The third-order valence-corrected chi connectivity index (χ3v) is 5.10. The average Bonchev–Trinajstić information content (AvgIpc) is 2.49. The fourth-order valence-electron chi connectivity index (χ4n) is 2.31. The predicted molar refractivity (Wildman–Crippen MR) is 92.9 cm³/mol. The summed E-state index contributed by atoms with van der Waals surface area (Å²) in [4.78, 5) is 0.